The Morgan fingerprint density at radius 2 is 1.18 bits per heavy atom. The first-order valence-electron chi connectivity index (χ1n) is 12.4. The Hall–Kier alpha value is -3.11. The van der Waals surface area contributed by atoms with Gasteiger partial charge in [-0.15, -0.1) is 0 Å². The molecule has 0 bridgehead atoms. The second-order valence-electron chi connectivity index (χ2n) is 10.2. The molecule has 0 aliphatic rings. The fourth-order valence-electron chi connectivity index (χ4n) is 4.76. The summed E-state index contributed by atoms with van der Waals surface area (Å²) in [5.41, 5.74) is 4.72. The fourth-order valence-corrected chi connectivity index (χ4v) is 5.88. The monoisotopic (exact) mass is 618 g/mol. The molecule has 0 saturated carbocycles. The van der Waals surface area contributed by atoms with E-state index >= 15 is 0 Å². The highest BCUT2D eigenvalue weighted by Gasteiger charge is 2.22. The normalized spacial score (nSPS) is 11.7. The lowest BCUT2D eigenvalue weighted by Crippen LogP contribution is -2.07. The van der Waals surface area contributed by atoms with E-state index < -0.39 is 15.8 Å². The molecule has 8 nitrogen and oxygen atoms in total. The van der Waals surface area contributed by atoms with Gasteiger partial charge >= 0.3 is 11.9 Å². The highest BCUT2D eigenvalue weighted by Crippen LogP contribution is 2.33. The molecule has 4 aromatic rings. The molecule has 0 spiro atoms. The zero-order valence-electron chi connectivity index (χ0n) is 23.7. The molecule has 210 valence electrons. The van der Waals surface area contributed by atoms with Gasteiger partial charge in [0.25, 0.3) is 0 Å². The van der Waals surface area contributed by atoms with Crippen LogP contribution < -0.4 is 0 Å². The summed E-state index contributed by atoms with van der Waals surface area (Å²) in [5.74, 6) is -0.220. The SMILES string of the molecule is COC(=O)c1cc(Br)cc2c(C(C)C)cn(C)c12.COC(=O)c1cc(S(C)(=O)=O)cc2c(C(C)C)cn(C)c12. The van der Waals surface area contributed by atoms with Crippen LogP contribution >= 0.6 is 15.9 Å². The molecule has 0 amide bonds. The summed E-state index contributed by atoms with van der Waals surface area (Å²) in [6.45, 7) is 8.35. The maximum absolute atomic E-state index is 12.0. The van der Waals surface area contributed by atoms with Crippen LogP contribution in [0, 0.1) is 0 Å². The van der Waals surface area contributed by atoms with Crippen LogP contribution in [0.2, 0.25) is 0 Å². The minimum atomic E-state index is -3.41. The van der Waals surface area contributed by atoms with Crippen LogP contribution in [0.5, 0.6) is 0 Å². The number of ether oxygens (including phenoxy) is 2. The summed E-state index contributed by atoms with van der Waals surface area (Å²) in [6.07, 6.45) is 5.13. The van der Waals surface area contributed by atoms with Crippen molar-refractivity contribution in [2.45, 2.75) is 44.4 Å². The quantitative estimate of drug-likeness (QED) is 0.242. The van der Waals surface area contributed by atoms with Gasteiger partial charge in [0.15, 0.2) is 9.84 Å². The lowest BCUT2D eigenvalue weighted by Gasteiger charge is -2.08. The number of esters is 2. The maximum atomic E-state index is 12.0. The van der Waals surface area contributed by atoms with Gasteiger partial charge in [-0.25, -0.2) is 18.0 Å². The molecule has 39 heavy (non-hydrogen) atoms. The third-order valence-electron chi connectivity index (χ3n) is 6.63. The van der Waals surface area contributed by atoms with Gasteiger partial charge in [0, 0.05) is 48.0 Å². The Kier molecular flexibility index (Phi) is 9.02. The third kappa shape index (κ3) is 6.06. The smallest absolute Gasteiger partial charge is 0.340 e. The molecule has 0 atom stereocenters. The number of carbonyl (C=O) groups is 2. The number of sulfone groups is 1. The molecular formula is C29H35BrN2O6S. The van der Waals surface area contributed by atoms with E-state index in [2.05, 4.69) is 42.0 Å². The standard InChI is InChI=1S/C15H19NO4S.C14H16BrNO2/c1-9(2)13-8-16(3)14-11(13)6-10(21(5,18)19)7-12(14)15(17)20-4;1-8(2)12-7-16(3)13-10(12)5-9(15)6-11(13)14(17)18-4/h6-9H,1-5H3;5-8H,1-4H3. The van der Waals surface area contributed by atoms with E-state index in [0.717, 1.165) is 32.6 Å². The third-order valence-corrected chi connectivity index (χ3v) is 8.18. The van der Waals surface area contributed by atoms with Crippen molar-refractivity contribution in [1.29, 1.82) is 0 Å². The number of methoxy groups -OCH3 is 2. The van der Waals surface area contributed by atoms with E-state index in [4.69, 9.17) is 9.47 Å². The van der Waals surface area contributed by atoms with Gasteiger partial charge in [-0.2, -0.15) is 0 Å². The summed E-state index contributed by atoms with van der Waals surface area (Å²) in [5, 5.41) is 1.87. The molecule has 4 rings (SSSR count). The second kappa shape index (κ2) is 11.6. The summed E-state index contributed by atoms with van der Waals surface area (Å²) in [6, 6.07) is 6.87. The Bertz CT molecular complexity index is 1680. The fraction of sp³-hybridized carbons (Fsp3) is 0.379. The van der Waals surface area contributed by atoms with Crippen LogP contribution in [0.25, 0.3) is 21.8 Å². The van der Waals surface area contributed by atoms with E-state index in [0.29, 0.717) is 17.0 Å². The predicted octanol–water partition coefficient (Wildman–Crippen LogP) is 6.34. The minimum absolute atomic E-state index is 0.128. The number of nitrogens with zero attached hydrogens (tertiary/aromatic N) is 2. The van der Waals surface area contributed by atoms with E-state index in [-0.39, 0.29) is 22.3 Å². The van der Waals surface area contributed by atoms with Gasteiger partial charge in [-0.05, 0) is 47.2 Å². The largest absolute Gasteiger partial charge is 0.465 e. The Morgan fingerprint density at radius 1 is 0.769 bits per heavy atom. The number of aromatic nitrogens is 2. The molecule has 0 aliphatic carbocycles. The van der Waals surface area contributed by atoms with Gasteiger partial charge in [0.05, 0.1) is 41.3 Å². The summed E-state index contributed by atoms with van der Waals surface area (Å²) in [7, 11) is 3.07. The van der Waals surface area contributed by atoms with Crippen molar-refractivity contribution in [3.8, 4) is 0 Å². The lowest BCUT2D eigenvalue weighted by molar-refractivity contribution is 0.0593. The van der Waals surface area contributed by atoms with Crippen molar-refractivity contribution >= 4 is 59.5 Å². The summed E-state index contributed by atoms with van der Waals surface area (Å²) < 4.78 is 38.1. The number of fused-ring (bicyclic) bond motifs is 2. The van der Waals surface area contributed by atoms with Crippen molar-refractivity contribution < 1.29 is 27.5 Å². The van der Waals surface area contributed by atoms with Gasteiger partial charge in [-0.3, -0.25) is 0 Å². The number of rotatable bonds is 5. The number of benzene rings is 2. The molecule has 0 N–H and O–H groups in total. The van der Waals surface area contributed by atoms with Crippen LogP contribution in [0.1, 0.15) is 71.4 Å². The van der Waals surface area contributed by atoms with Gasteiger partial charge in [-0.1, -0.05) is 43.6 Å². The lowest BCUT2D eigenvalue weighted by atomic mass is 10.0. The molecule has 2 aromatic heterocycles. The number of carbonyl (C=O) groups excluding carboxylic acids is 2. The number of halogens is 1. The van der Waals surface area contributed by atoms with Crippen molar-refractivity contribution in [2.24, 2.45) is 14.1 Å². The number of hydrogen-bond donors (Lipinski definition) is 0. The van der Waals surface area contributed by atoms with Gasteiger partial charge in [0.2, 0.25) is 0 Å². The van der Waals surface area contributed by atoms with E-state index in [1.807, 2.05) is 43.3 Å². The van der Waals surface area contributed by atoms with Gasteiger partial charge < -0.3 is 18.6 Å². The molecule has 0 fully saturated rings. The van der Waals surface area contributed by atoms with E-state index in [1.165, 1.54) is 25.8 Å². The average molecular weight is 620 g/mol. The first-order chi connectivity index (χ1) is 18.1. The molecular weight excluding hydrogens is 584 g/mol. The topological polar surface area (TPSA) is 96.6 Å². The molecule has 0 radical (unpaired) electrons. The Balaban J connectivity index is 0.000000218. The van der Waals surface area contributed by atoms with E-state index in [9.17, 15) is 18.0 Å². The Labute approximate surface area is 237 Å². The Morgan fingerprint density at radius 3 is 1.56 bits per heavy atom. The molecule has 0 saturated heterocycles. The van der Waals surface area contributed by atoms with Crippen LogP contribution in [0.15, 0.2) is 46.0 Å². The van der Waals surface area contributed by atoms with Crippen LogP contribution in [0.4, 0.5) is 0 Å². The minimum Gasteiger partial charge on any atom is -0.465 e. The summed E-state index contributed by atoms with van der Waals surface area (Å²) >= 11 is 3.46. The van der Waals surface area contributed by atoms with Crippen molar-refractivity contribution in [3.05, 3.63) is 63.4 Å². The molecule has 0 unspecified atom stereocenters. The van der Waals surface area contributed by atoms with Crippen molar-refractivity contribution in [3.63, 3.8) is 0 Å². The van der Waals surface area contributed by atoms with Crippen LogP contribution in [-0.2, 0) is 33.4 Å². The first-order valence-corrected chi connectivity index (χ1v) is 15.1. The average Bonchev–Trinajstić information content (AvgIpc) is 3.38. The van der Waals surface area contributed by atoms with Crippen LogP contribution in [-0.4, -0.2) is 50.0 Å². The van der Waals surface area contributed by atoms with Gasteiger partial charge in [0.1, 0.15) is 0 Å². The predicted molar refractivity (Wildman–Crippen MR) is 158 cm³/mol. The molecule has 2 aromatic carbocycles. The van der Waals surface area contributed by atoms with Crippen molar-refractivity contribution in [1.82, 2.24) is 9.13 Å². The second-order valence-corrected chi connectivity index (χ2v) is 13.1. The first kappa shape index (κ1) is 30.4. The number of aryl methyl sites for hydroxylation is 2. The maximum Gasteiger partial charge on any atom is 0.340 e. The zero-order chi connectivity index (χ0) is 29.4. The molecule has 0 aliphatic heterocycles. The highest BCUT2D eigenvalue weighted by atomic mass is 79.9. The molecule has 2 heterocycles. The number of hydrogen-bond acceptors (Lipinski definition) is 6. The zero-order valence-corrected chi connectivity index (χ0v) is 26.2. The van der Waals surface area contributed by atoms with Crippen LogP contribution in [0.3, 0.4) is 0 Å². The van der Waals surface area contributed by atoms with Crippen molar-refractivity contribution in [2.75, 3.05) is 20.5 Å². The summed E-state index contributed by atoms with van der Waals surface area (Å²) in [4.78, 5) is 24.0. The molecule has 10 heteroatoms. The van der Waals surface area contributed by atoms with E-state index in [1.54, 1.807) is 12.1 Å². The highest BCUT2D eigenvalue weighted by molar-refractivity contribution is 9.10.